The van der Waals surface area contributed by atoms with Crippen molar-refractivity contribution in [1.29, 1.82) is 0 Å². The van der Waals surface area contributed by atoms with Crippen LogP contribution in [0.5, 0.6) is 5.75 Å². The third kappa shape index (κ3) is 5.44. The van der Waals surface area contributed by atoms with Crippen molar-refractivity contribution >= 4 is 17.2 Å². The van der Waals surface area contributed by atoms with E-state index in [0.29, 0.717) is 0 Å². The molecule has 2 aromatic rings. The van der Waals surface area contributed by atoms with Crippen molar-refractivity contribution < 1.29 is 14.6 Å². The predicted octanol–water partition coefficient (Wildman–Crippen LogP) is 3.69. The Kier molecular flexibility index (Phi) is 6.85. The summed E-state index contributed by atoms with van der Waals surface area (Å²) in [5.41, 5.74) is 3.68. The molecule has 1 aliphatic heterocycles. The number of nitrogens with zero attached hydrogens (tertiary/aromatic N) is 1. The summed E-state index contributed by atoms with van der Waals surface area (Å²) in [4.78, 5) is 14.8. The van der Waals surface area contributed by atoms with Crippen LogP contribution in [0.3, 0.4) is 0 Å². The summed E-state index contributed by atoms with van der Waals surface area (Å²) < 4.78 is 5.37. The molecule has 1 aliphatic rings. The van der Waals surface area contributed by atoms with Crippen LogP contribution in [0.15, 0.2) is 54.6 Å². The highest BCUT2D eigenvalue weighted by Crippen LogP contribution is 2.25. The van der Waals surface area contributed by atoms with Crippen LogP contribution in [0.2, 0.25) is 0 Å². The van der Waals surface area contributed by atoms with Crippen LogP contribution in [0.4, 0.5) is 5.69 Å². The van der Waals surface area contributed by atoms with Crippen molar-refractivity contribution in [3.63, 3.8) is 0 Å². The first-order valence-electron chi connectivity index (χ1n) is 9.67. The van der Waals surface area contributed by atoms with Crippen molar-refractivity contribution in [2.45, 2.75) is 32.4 Å². The zero-order valence-corrected chi connectivity index (χ0v) is 16.5. The fourth-order valence-electron chi connectivity index (χ4n) is 3.51. The van der Waals surface area contributed by atoms with Gasteiger partial charge in [-0.1, -0.05) is 30.3 Å². The molecule has 5 nitrogen and oxygen atoms in total. The monoisotopic (exact) mass is 380 g/mol. The molecule has 5 heteroatoms. The molecule has 0 aliphatic carbocycles. The van der Waals surface area contributed by atoms with Crippen molar-refractivity contribution in [3.05, 3.63) is 65.7 Å². The van der Waals surface area contributed by atoms with Gasteiger partial charge in [-0.3, -0.25) is 9.69 Å². The number of allylic oxidation sites excluding steroid dienone is 1. The molecule has 0 atom stereocenters. The van der Waals surface area contributed by atoms with E-state index in [9.17, 15) is 9.90 Å². The van der Waals surface area contributed by atoms with E-state index in [4.69, 9.17) is 4.74 Å². The van der Waals surface area contributed by atoms with Crippen LogP contribution >= 0.6 is 0 Å². The summed E-state index contributed by atoms with van der Waals surface area (Å²) in [5.74, 6) is 0.583. The molecule has 0 saturated carbocycles. The normalized spacial score (nSPS) is 16.0. The third-order valence-electron chi connectivity index (χ3n) is 5.04. The average Bonchev–Trinajstić information content (AvgIpc) is 2.70. The van der Waals surface area contributed by atoms with Gasteiger partial charge >= 0.3 is 0 Å². The Morgan fingerprint density at radius 2 is 1.96 bits per heavy atom. The van der Waals surface area contributed by atoms with Gasteiger partial charge in [0.1, 0.15) is 5.75 Å². The van der Waals surface area contributed by atoms with E-state index >= 15 is 0 Å². The number of piperidine rings is 1. The van der Waals surface area contributed by atoms with Crippen LogP contribution < -0.4 is 10.1 Å². The Hall–Kier alpha value is -2.63. The van der Waals surface area contributed by atoms with Gasteiger partial charge in [0.15, 0.2) is 0 Å². The molecule has 0 unspecified atom stereocenters. The van der Waals surface area contributed by atoms with Crippen molar-refractivity contribution in [2.24, 2.45) is 0 Å². The van der Waals surface area contributed by atoms with E-state index in [-0.39, 0.29) is 12.0 Å². The number of carbonyl (C=O) groups excluding carboxylic acids is 1. The standard InChI is InChI=1S/C23H28N2O3/c1-17(21-8-3-4-9-22(21)28-2)14-23(27)24-19-7-5-6-18(15-19)16-25-12-10-20(26)11-13-25/h3-9,14-15,20,26H,10-13,16H2,1-2H3,(H,24,27)/b17-14-. The van der Waals surface area contributed by atoms with E-state index in [0.717, 1.165) is 60.6 Å². The molecule has 1 saturated heterocycles. The van der Waals surface area contributed by atoms with Gasteiger partial charge in [-0.2, -0.15) is 0 Å². The van der Waals surface area contributed by atoms with Gasteiger partial charge in [-0.25, -0.2) is 0 Å². The quantitative estimate of drug-likeness (QED) is 0.751. The molecule has 1 amide bonds. The molecule has 148 valence electrons. The molecule has 28 heavy (non-hydrogen) atoms. The number of amides is 1. The molecule has 1 heterocycles. The SMILES string of the molecule is COc1ccccc1/C(C)=C\C(=O)Nc1cccc(CN2CCC(O)CC2)c1. The lowest BCUT2D eigenvalue weighted by Crippen LogP contribution is -2.35. The zero-order valence-electron chi connectivity index (χ0n) is 16.5. The van der Waals surface area contributed by atoms with Crippen molar-refractivity contribution in [1.82, 2.24) is 4.90 Å². The van der Waals surface area contributed by atoms with Crippen molar-refractivity contribution in [2.75, 3.05) is 25.5 Å². The Morgan fingerprint density at radius 3 is 2.71 bits per heavy atom. The summed E-state index contributed by atoms with van der Waals surface area (Å²) >= 11 is 0. The Bertz CT molecular complexity index is 839. The average molecular weight is 380 g/mol. The maximum atomic E-state index is 12.5. The molecule has 2 N–H and O–H groups in total. The highest BCUT2D eigenvalue weighted by molar-refractivity contribution is 6.04. The molecular weight excluding hydrogens is 352 g/mol. The van der Waals surface area contributed by atoms with E-state index < -0.39 is 0 Å². The van der Waals surface area contributed by atoms with Gasteiger partial charge in [0.2, 0.25) is 5.91 Å². The van der Waals surface area contributed by atoms with Gasteiger partial charge < -0.3 is 15.2 Å². The first-order valence-corrected chi connectivity index (χ1v) is 9.67. The summed E-state index contributed by atoms with van der Waals surface area (Å²) in [5, 5.41) is 12.6. The maximum Gasteiger partial charge on any atom is 0.248 e. The number of aliphatic hydroxyl groups is 1. The van der Waals surface area contributed by atoms with Crippen LogP contribution in [-0.2, 0) is 11.3 Å². The molecule has 0 spiro atoms. The molecule has 2 aromatic carbocycles. The van der Waals surface area contributed by atoms with Gasteiger partial charge in [0.25, 0.3) is 0 Å². The highest BCUT2D eigenvalue weighted by atomic mass is 16.5. The minimum Gasteiger partial charge on any atom is -0.496 e. The lowest BCUT2D eigenvalue weighted by Gasteiger charge is -2.29. The molecule has 1 fully saturated rings. The third-order valence-corrected chi connectivity index (χ3v) is 5.04. The number of rotatable bonds is 6. The minimum absolute atomic E-state index is 0.165. The molecule has 0 aromatic heterocycles. The van der Waals surface area contributed by atoms with E-state index in [1.807, 2.05) is 49.4 Å². The number of benzene rings is 2. The molecule has 0 bridgehead atoms. The first kappa shape index (κ1) is 20.1. The van der Waals surface area contributed by atoms with Crippen LogP contribution in [-0.4, -0.2) is 42.2 Å². The molecule has 0 radical (unpaired) electrons. The molecule has 3 rings (SSSR count). The number of hydrogen-bond donors (Lipinski definition) is 2. The lowest BCUT2D eigenvalue weighted by molar-refractivity contribution is -0.111. The summed E-state index contributed by atoms with van der Waals surface area (Å²) in [6.45, 7) is 4.53. The number of anilines is 1. The number of nitrogens with one attached hydrogen (secondary N) is 1. The summed E-state index contributed by atoms with van der Waals surface area (Å²) in [7, 11) is 1.63. The van der Waals surface area contributed by atoms with Crippen LogP contribution in [0.1, 0.15) is 30.9 Å². The van der Waals surface area contributed by atoms with Gasteiger partial charge in [-0.05, 0) is 49.1 Å². The largest absolute Gasteiger partial charge is 0.496 e. The Labute approximate surface area is 166 Å². The second kappa shape index (κ2) is 9.53. The lowest BCUT2D eigenvalue weighted by atomic mass is 10.1. The number of hydrogen-bond acceptors (Lipinski definition) is 4. The van der Waals surface area contributed by atoms with Gasteiger partial charge in [0, 0.05) is 37.0 Å². The van der Waals surface area contributed by atoms with Gasteiger partial charge in [0.05, 0.1) is 13.2 Å². The number of likely N-dealkylation sites (tertiary alicyclic amines) is 1. The number of para-hydroxylation sites is 1. The van der Waals surface area contributed by atoms with E-state index in [2.05, 4.69) is 16.3 Å². The van der Waals surface area contributed by atoms with Gasteiger partial charge in [-0.15, -0.1) is 0 Å². The maximum absolute atomic E-state index is 12.5. The van der Waals surface area contributed by atoms with Crippen molar-refractivity contribution in [3.8, 4) is 5.75 Å². The van der Waals surface area contributed by atoms with E-state index in [1.165, 1.54) is 0 Å². The first-order chi connectivity index (χ1) is 13.5. The second-order valence-corrected chi connectivity index (χ2v) is 7.22. The highest BCUT2D eigenvalue weighted by Gasteiger charge is 2.17. The fraction of sp³-hybridized carbons (Fsp3) is 0.348. The van der Waals surface area contributed by atoms with E-state index in [1.54, 1.807) is 13.2 Å². The number of methoxy groups -OCH3 is 1. The smallest absolute Gasteiger partial charge is 0.248 e. The topological polar surface area (TPSA) is 61.8 Å². The van der Waals surface area contributed by atoms with Crippen LogP contribution in [0, 0.1) is 0 Å². The Morgan fingerprint density at radius 1 is 1.21 bits per heavy atom. The molecular formula is C23H28N2O3. The summed E-state index contributed by atoms with van der Waals surface area (Å²) in [6, 6.07) is 15.6. The Balaban J connectivity index is 1.64. The second-order valence-electron chi connectivity index (χ2n) is 7.22. The number of carbonyl (C=O) groups is 1. The fourth-order valence-corrected chi connectivity index (χ4v) is 3.51. The predicted molar refractivity (Wildman–Crippen MR) is 112 cm³/mol. The number of ether oxygens (including phenoxy) is 1. The van der Waals surface area contributed by atoms with Crippen LogP contribution in [0.25, 0.3) is 5.57 Å². The minimum atomic E-state index is -0.167. The number of aliphatic hydroxyl groups excluding tert-OH is 1. The summed E-state index contributed by atoms with van der Waals surface area (Å²) in [6.07, 6.45) is 3.07. The zero-order chi connectivity index (χ0) is 19.9.